The lowest BCUT2D eigenvalue weighted by Gasteiger charge is -2.37. The van der Waals surface area contributed by atoms with Crippen LogP contribution >= 0.6 is 11.3 Å². The van der Waals surface area contributed by atoms with Gasteiger partial charge in [0.2, 0.25) is 5.91 Å². The molecule has 21 heavy (non-hydrogen) atoms. The molecule has 1 aliphatic carbocycles. The molecule has 1 aromatic heterocycles. The molecule has 1 fully saturated rings. The average molecular weight is 309 g/mol. The smallest absolute Gasteiger partial charge is 0.338 e. The number of aryl methyl sites for hydroxylation is 1. The van der Waals surface area contributed by atoms with E-state index >= 15 is 0 Å². The number of carbonyl (C=O) groups excluding carboxylic acids is 1. The number of nitrogens with one attached hydrogen (secondary N) is 1. The maximum Gasteiger partial charge on any atom is 0.338 e. The van der Waals surface area contributed by atoms with E-state index in [9.17, 15) is 14.7 Å². The van der Waals surface area contributed by atoms with Gasteiger partial charge in [0, 0.05) is 10.8 Å². The van der Waals surface area contributed by atoms with Gasteiger partial charge in [-0.15, -0.1) is 11.3 Å². The summed E-state index contributed by atoms with van der Waals surface area (Å²) in [5.41, 5.74) is 0.190. The lowest BCUT2D eigenvalue weighted by molar-refractivity contribution is -0.124. The first-order chi connectivity index (χ1) is 9.85. The van der Waals surface area contributed by atoms with E-state index in [0.717, 1.165) is 37.0 Å². The van der Waals surface area contributed by atoms with Gasteiger partial charge in [0.05, 0.1) is 5.56 Å². The van der Waals surface area contributed by atoms with Crippen LogP contribution in [0.2, 0.25) is 0 Å². The van der Waals surface area contributed by atoms with Crippen LogP contribution in [0, 0.1) is 11.3 Å². The van der Waals surface area contributed by atoms with E-state index < -0.39 is 5.97 Å². The minimum Gasteiger partial charge on any atom is -0.478 e. The third-order valence-corrected chi connectivity index (χ3v) is 5.62. The summed E-state index contributed by atoms with van der Waals surface area (Å²) in [6, 6.07) is 1.66. The molecule has 1 heterocycles. The number of aromatic carboxylic acids is 1. The first-order valence-corrected chi connectivity index (χ1v) is 8.33. The van der Waals surface area contributed by atoms with Crippen LogP contribution in [0.3, 0.4) is 0 Å². The summed E-state index contributed by atoms with van der Waals surface area (Å²) in [4.78, 5) is 24.8. The van der Waals surface area contributed by atoms with Crippen molar-refractivity contribution in [1.29, 1.82) is 0 Å². The molecule has 1 amide bonds. The SMILES string of the molecule is CCc1cc(C(=O)O)c(NC(=O)C2CCCCC2(C)C)s1. The van der Waals surface area contributed by atoms with Crippen molar-refractivity contribution in [2.24, 2.45) is 11.3 Å². The highest BCUT2D eigenvalue weighted by molar-refractivity contribution is 7.16. The van der Waals surface area contributed by atoms with E-state index in [4.69, 9.17) is 0 Å². The van der Waals surface area contributed by atoms with Crippen molar-refractivity contribution < 1.29 is 14.7 Å². The maximum atomic E-state index is 12.6. The van der Waals surface area contributed by atoms with Crippen molar-refractivity contribution in [3.8, 4) is 0 Å². The number of hydrogen-bond acceptors (Lipinski definition) is 3. The molecular weight excluding hydrogens is 286 g/mol. The van der Waals surface area contributed by atoms with Crippen molar-refractivity contribution in [3.05, 3.63) is 16.5 Å². The highest BCUT2D eigenvalue weighted by atomic mass is 32.1. The first kappa shape index (κ1) is 16.0. The molecule has 0 spiro atoms. The fourth-order valence-corrected chi connectivity index (χ4v) is 4.04. The van der Waals surface area contributed by atoms with Crippen LogP contribution in [0.1, 0.15) is 61.7 Å². The predicted molar refractivity (Wildman–Crippen MR) is 85.0 cm³/mol. The molecule has 0 aliphatic heterocycles. The van der Waals surface area contributed by atoms with Crippen LogP contribution in [0.25, 0.3) is 0 Å². The fraction of sp³-hybridized carbons (Fsp3) is 0.625. The summed E-state index contributed by atoms with van der Waals surface area (Å²) in [5.74, 6) is -1.06. The molecule has 2 rings (SSSR count). The van der Waals surface area contributed by atoms with Gasteiger partial charge in [-0.05, 0) is 30.7 Å². The molecule has 0 aromatic carbocycles. The normalized spacial score (nSPS) is 21.0. The third kappa shape index (κ3) is 3.46. The Hall–Kier alpha value is -1.36. The lowest BCUT2D eigenvalue weighted by atomic mass is 9.68. The molecule has 1 atom stereocenters. The Morgan fingerprint density at radius 2 is 2.14 bits per heavy atom. The Balaban J connectivity index is 2.19. The van der Waals surface area contributed by atoms with Crippen LogP contribution in [0.4, 0.5) is 5.00 Å². The van der Waals surface area contributed by atoms with Crippen LogP contribution in [-0.4, -0.2) is 17.0 Å². The zero-order chi connectivity index (χ0) is 15.6. The van der Waals surface area contributed by atoms with Crippen molar-refractivity contribution in [2.75, 3.05) is 5.32 Å². The standard InChI is InChI=1S/C16H23NO3S/c1-4-10-9-11(15(19)20)14(21-10)17-13(18)12-7-5-6-8-16(12,2)3/h9,12H,4-8H2,1-3H3,(H,17,18)(H,19,20). The topological polar surface area (TPSA) is 66.4 Å². The summed E-state index contributed by atoms with van der Waals surface area (Å²) >= 11 is 1.37. The van der Waals surface area contributed by atoms with Crippen molar-refractivity contribution in [2.45, 2.75) is 52.9 Å². The van der Waals surface area contributed by atoms with Crippen LogP contribution in [-0.2, 0) is 11.2 Å². The van der Waals surface area contributed by atoms with Gasteiger partial charge in [-0.3, -0.25) is 4.79 Å². The highest BCUT2D eigenvalue weighted by Gasteiger charge is 2.37. The van der Waals surface area contributed by atoms with E-state index in [1.165, 1.54) is 11.3 Å². The van der Waals surface area contributed by atoms with Gasteiger partial charge in [0.1, 0.15) is 5.00 Å². The third-order valence-electron chi connectivity index (χ3n) is 4.42. The van der Waals surface area contributed by atoms with Gasteiger partial charge in [-0.25, -0.2) is 4.79 Å². The summed E-state index contributed by atoms with van der Waals surface area (Å²) in [6.07, 6.45) is 4.93. The Morgan fingerprint density at radius 3 is 2.71 bits per heavy atom. The molecule has 1 unspecified atom stereocenters. The van der Waals surface area contributed by atoms with Gasteiger partial charge in [-0.1, -0.05) is 33.6 Å². The van der Waals surface area contributed by atoms with Gasteiger partial charge in [0.25, 0.3) is 0 Å². The molecule has 2 N–H and O–H groups in total. The van der Waals surface area contributed by atoms with E-state index in [1.807, 2.05) is 6.92 Å². The minimum atomic E-state index is -0.982. The Kier molecular flexibility index (Phi) is 4.71. The summed E-state index contributed by atoms with van der Waals surface area (Å²) in [5, 5.41) is 12.6. The lowest BCUT2D eigenvalue weighted by Crippen LogP contribution is -2.37. The Labute approximate surface area is 129 Å². The molecule has 5 heteroatoms. The minimum absolute atomic E-state index is 0.0173. The molecule has 0 saturated heterocycles. The molecule has 0 radical (unpaired) electrons. The van der Waals surface area contributed by atoms with Crippen molar-refractivity contribution in [1.82, 2.24) is 0 Å². The second kappa shape index (κ2) is 6.18. The van der Waals surface area contributed by atoms with Crippen LogP contribution < -0.4 is 5.32 Å². The van der Waals surface area contributed by atoms with Crippen molar-refractivity contribution >= 4 is 28.2 Å². The Bertz CT molecular complexity index is 548. The number of amides is 1. The van der Waals surface area contributed by atoms with Gasteiger partial charge < -0.3 is 10.4 Å². The van der Waals surface area contributed by atoms with Gasteiger partial charge in [-0.2, -0.15) is 0 Å². The van der Waals surface area contributed by atoms with Crippen LogP contribution in [0.5, 0.6) is 0 Å². The quantitative estimate of drug-likeness (QED) is 0.877. The molecule has 4 nitrogen and oxygen atoms in total. The maximum absolute atomic E-state index is 12.6. The van der Waals surface area contributed by atoms with Crippen LogP contribution in [0.15, 0.2) is 6.07 Å². The van der Waals surface area contributed by atoms with E-state index in [-0.39, 0.29) is 22.8 Å². The summed E-state index contributed by atoms with van der Waals surface area (Å²) < 4.78 is 0. The predicted octanol–water partition coefficient (Wildman–Crippen LogP) is 4.16. The largest absolute Gasteiger partial charge is 0.478 e. The molecular formula is C16H23NO3S. The monoisotopic (exact) mass is 309 g/mol. The number of carboxylic acid groups (broad SMARTS) is 1. The number of thiophene rings is 1. The number of carboxylic acids is 1. The van der Waals surface area contributed by atoms with E-state index in [0.29, 0.717) is 5.00 Å². The average Bonchev–Trinajstić information content (AvgIpc) is 2.81. The van der Waals surface area contributed by atoms with Crippen molar-refractivity contribution in [3.63, 3.8) is 0 Å². The zero-order valence-corrected chi connectivity index (χ0v) is 13.7. The van der Waals surface area contributed by atoms with Gasteiger partial charge in [0.15, 0.2) is 0 Å². The number of anilines is 1. The van der Waals surface area contributed by atoms with Gasteiger partial charge >= 0.3 is 5.97 Å². The Morgan fingerprint density at radius 1 is 1.43 bits per heavy atom. The fourth-order valence-electron chi connectivity index (χ4n) is 3.05. The molecule has 116 valence electrons. The van der Waals surface area contributed by atoms with E-state index in [2.05, 4.69) is 19.2 Å². The highest BCUT2D eigenvalue weighted by Crippen LogP contribution is 2.41. The zero-order valence-electron chi connectivity index (χ0n) is 12.9. The first-order valence-electron chi connectivity index (χ1n) is 7.52. The summed E-state index contributed by atoms with van der Waals surface area (Å²) in [7, 11) is 0. The second-order valence-corrected chi connectivity index (χ2v) is 7.53. The number of hydrogen-bond donors (Lipinski definition) is 2. The summed E-state index contributed by atoms with van der Waals surface area (Å²) in [6.45, 7) is 6.23. The number of carbonyl (C=O) groups is 2. The molecule has 0 bridgehead atoms. The molecule has 1 aliphatic rings. The second-order valence-electron chi connectivity index (χ2n) is 6.39. The number of rotatable bonds is 4. The molecule has 1 saturated carbocycles. The molecule has 1 aromatic rings. The van der Waals surface area contributed by atoms with E-state index in [1.54, 1.807) is 6.07 Å².